The fourth-order valence-corrected chi connectivity index (χ4v) is 18.4. The van der Waals surface area contributed by atoms with Gasteiger partial charge >= 0.3 is 24.7 Å². The lowest BCUT2D eigenvalue weighted by Gasteiger charge is -2.33. The lowest BCUT2D eigenvalue weighted by molar-refractivity contribution is -0.142. The molecule has 23 nitrogen and oxygen atoms in total. The normalized spacial score (nSPS) is 18.1. The maximum absolute atomic E-state index is 14.0. The number of aromatic amines is 4. The molecule has 9 aliphatic rings. The molecule has 7 amide bonds. The maximum atomic E-state index is 14.0. The summed E-state index contributed by atoms with van der Waals surface area (Å²) in [6.45, 7) is 10.9. The van der Waals surface area contributed by atoms with Crippen LogP contribution in [0.5, 0.6) is 0 Å². The van der Waals surface area contributed by atoms with Crippen molar-refractivity contribution in [3.05, 3.63) is 208 Å². The van der Waals surface area contributed by atoms with Crippen molar-refractivity contribution >= 4 is 41.4 Å². The second-order valence-corrected chi connectivity index (χ2v) is 33.2. The molecule has 5 fully saturated rings. The number of carbonyl (C=O) groups is 7. The fourth-order valence-electron chi connectivity index (χ4n) is 18.4. The van der Waals surface area contributed by atoms with E-state index in [1.165, 1.54) is 60.4 Å². The van der Waals surface area contributed by atoms with Crippen LogP contribution in [0.15, 0.2) is 54.6 Å². The molecule has 0 atom stereocenters. The van der Waals surface area contributed by atoms with Crippen molar-refractivity contribution in [2.45, 2.75) is 185 Å². The first-order valence-electron chi connectivity index (χ1n) is 41.4. The van der Waals surface area contributed by atoms with Crippen molar-refractivity contribution in [2.75, 3.05) is 78.5 Å². The summed E-state index contributed by atoms with van der Waals surface area (Å²) in [5.41, 5.74) is 0.458. The van der Waals surface area contributed by atoms with E-state index in [2.05, 4.69) is 45.7 Å². The molecule has 12 heterocycles. The summed E-state index contributed by atoms with van der Waals surface area (Å²) in [7, 11) is 0. The Morgan fingerprint density at radius 2 is 0.614 bits per heavy atom. The molecule has 4 aromatic heterocycles. The van der Waals surface area contributed by atoms with Crippen LogP contribution in [0.1, 0.15) is 240 Å². The molecular formula is C85H87F19N16O7. The van der Waals surface area contributed by atoms with Gasteiger partial charge in [-0.25, -0.2) is 30.7 Å². The number of nitrogens with zero attached hydrogens (tertiary/aromatic N) is 12. The van der Waals surface area contributed by atoms with Gasteiger partial charge in [0.1, 0.15) is 5.82 Å². The van der Waals surface area contributed by atoms with Gasteiger partial charge in [0, 0.05) is 147 Å². The van der Waals surface area contributed by atoms with Crippen molar-refractivity contribution < 1.29 is 117 Å². The van der Waals surface area contributed by atoms with Gasteiger partial charge in [0.05, 0.1) is 59.0 Å². The van der Waals surface area contributed by atoms with Crippen molar-refractivity contribution in [1.82, 2.24) is 80.0 Å². The van der Waals surface area contributed by atoms with Gasteiger partial charge in [-0.3, -0.25) is 58.9 Å². The van der Waals surface area contributed by atoms with Gasteiger partial charge in [-0.15, -0.1) is 0 Å². The molecule has 0 spiro atoms. The number of benzene rings is 4. The van der Waals surface area contributed by atoms with Crippen LogP contribution in [0.2, 0.25) is 0 Å². The highest BCUT2D eigenvalue weighted by molar-refractivity contribution is 5.96. The van der Waals surface area contributed by atoms with E-state index in [1.54, 1.807) is 19.6 Å². The van der Waals surface area contributed by atoms with E-state index in [0.717, 1.165) is 78.8 Å². The minimum absolute atomic E-state index is 0.0162. The van der Waals surface area contributed by atoms with E-state index in [9.17, 15) is 117 Å². The number of H-pyrrole nitrogens is 4. The Morgan fingerprint density at radius 1 is 0.315 bits per heavy atom. The number of aromatic nitrogens is 8. The van der Waals surface area contributed by atoms with E-state index in [0.29, 0.717) is 111 Å². The van der Waals surface area contributed by atoms with Gasteiger partial charge < -0.3 is 34.3 Å². The molecule has 17 rings (SSSR count). The van der Waals surface area contributed by atoms with Gasteiger partial charge in [-0.05, 0) is 153 Å². The fraction of sp³-hybridized carbons (Fsp3) is 0.494. The number of likely N-dealkylation sites (tertiary alicyclic amines) is 4. The Kier molecular flexibility index (Phi) is 26.6. The Balaban J connectivity index is 0.000000137. The standard InChI is InChI=1S/C23H26F4N4O.2C21H21F5N4O2.C20H19F5N4O2/c24-18-3-1-2-16(20(18)23(25,26)27)15-6-10-31(11-7-15)22(32)21-17-8-9-30(12-14-4-5-14)13-19(17)28-29-21;1-11(31)30-9-6-16-14(10-30)19(28-27-16)20(32)29-7-4-12(5-8-29)13-2-3-15(22)18(23)17(13)21(24,25)26;1-11(31)30-9-6-14-16(10-30)27-28-19(14)20(32)29-7-4-12(5-8-29)13-2-3-15(22)18(23)17(13)21(24,25)26;1-10(30)29-8-13-15(9-29)26-27-18(13)19(31)28-6-4-11(5-7-28)12-2-3-14(21)17(22)16(12)20(23,24)25/h1-3,14-15H,4-13H2,(H,28,29);2*2-3,12H,4-10H2,1H3,(H,27,28);2-3,11H,4-9H2,1H3,(H,26,27). The van der Waals surface area contributed by atoms with Crippen LogP contribution in [0.25, 0.3) is 0 Å². The number of carbonyl (C=O) groups excluding carboxylic acids is 7. The van der Waals surface area contributed by atoms with E-state index in [4.69, 9.17) is 0 Å². The number of alkyl halides is 12. The lowest BCUT2D eigenvalue weighted by atomic mass is 9.85. The van der Waals surface area contributed by atoms with Crippen molar-refractivity contribution in [3.63, 3.8) is 0 Å². The van der Waals surface area contributed by atoms with Gasteiger partial charge in [0.15, 0.2) is 57.7 Å². The largest absolute Gasteiger partial charge is 0.419 e. The summed E-state index contributed by atoms with van der Waals surface area (Å²) in [6, 6.07) is 8.55. The minimum atomic E-state index is -5.02. The van der Waals surface area contributed by atoms with Gasteiger partial charge in [-0.2, -0.15) is 73.1 Å². The van der Waals surface area contributed by atoms with E-state index < -0.39 is 111 Å². The highest BCUT2D eigenvalue weighted by Gasteiger charge is 2.47. The third kappa shape index (κ3) is 19.7. The Morgan fingerprint density at radius 3 is 0.976 bits per heavy atom. The first kappa shape index (κ1) is 91.8. The molecule has 0 unspecified atom stereocenters. The predicted molar refractivity (Wildman–Crippen MR) is 413 cm³/mol. The molecule has 127 heavy (non-hydrogen) atoms. The number of fused-ring (bicyclic) bond motifs is 4. The van der Waals surface area contributed by atoms with Crippen LogP contribution in [-0.4, -0.2) is 200 Å². The summed E-state index contributed by atoms with van der Waals surface area (Å²) >= 11 is 0. The second-order valence-electron chi connectivity index (χ2n) is 33.2. The minimum Gasteiger partial charge on any atom is -0.338 e. The zero-order chi connectivity index (χ0) is 91.4. The lowest BCUT2D eigenvalue weighted by Crippen LogP contribution is -2.40. The molecule has 0 radical (unpaired) electrons. The average molecular weight is 1810 g/mol. The van der Waals surface area contributed by atoms with Gasteiger partial charge in [0.2, 0.25) is 17.7 Å². The first-order valence-corrected chi connectivity index (χ1v) is 41.4. The highest BCUT2D eigenvalue weighted by Crippen LogP contribution is 2.47. The summed E-state index contributed by atoms with van der Waals surface area (Å²) < 4.78 is 256. The molecule has 42 heteroatoms. The van der Waals surface area contributed by atoms with Crippen molar-refractivity contribution in [1.29, 1.82) is 0 Å². The summed E-state index contributed by atoms with van der Waals surface area (Å²) in [5, 5.41) is 28.0. The molecule has 1 saturated carbocycles. The molecule has 682 valence electrons. The van der Waals surface area contributed by atoms with Crippen LogP contribution < -0.4 is 0 Å². The number of halogens is 19. The van der Waals surface area contributed by atoms with Crippen LogP contribution in [0.4, 0.5) is 83.4 Å². The molecule has 1 aliphatic carbocycles. The van der Waals surface area contributed by atoms with E-state index >= 15 is 0 Å². The van der Waals surface area contributed by atoms with Crippen LogP contribution in [0.3, 0.4) is 0 Å². The van der Waals surface area contributed by atoms with Crippen LogP contribution in [0, 0.1) is 46.6 Å². The first-order chi connectivity index (χ1) is 60.0. The van der Waals surface area contributed by atoms with Crippen LogP contribution >= 0.6 is 0 Å². The summed E-state index contributed by atoms with van der Waals surface area (Å²) in [4.78, 5) is 100. The number of hydrogen-bond donors (Lipinski definition) is 4. The molecule has 0 bridgehead atoms. The monoisotopic (exact) mass is 1800 g/mol. The van der Waals surface area contributed by atoms with E-state index in [1.807, 2.05) is 0 Å². The molecule has 4 N–H and O–H groups in total. The maximum Gasteiger partial charge on any atom is 0.419 e. The smallest absolute Gasteiger partial charge is 0.338 e. The quantitative estimate of drug-likeness (QED) is 0.0932. The number of rotatable bonds is 10. The third-order valence-corrected chi connectivity index (χ3v) is 25.3. The van der Waals surface area contributed by atoms with Gasteiger partial charge in [0.25, 0.3) is 23.6 Å². The van der Waals surface area contributed by atoms with Crippen molar-refractivity contribution in [3.8, 4) is 0 Å². The molecule has 4 aromatic carbocycles. The topological polar surface area (TPSA) is 260 Å². The van der Waals surface area contributed by atoms with Gasteiger partial charge in [-0.1, -0.05) is 30.3 Å². The molecule has 4 saturated heterocycles. The third-order valence-electron chi connectivity index (χ3n) is 25.3. The number of nitrogens with one attached hydrogen (secondary N) is 4. The summed E-state index contributed by atoms with van der Waals surface area (Å²) in [5.74, 6) is -14.7. The van der Waals surface area contributed by atoms with Crippen LogP contribution in [-0.2, 0) is 91.1 Å². The Bertz CT molecular complexity index is 5490. The number of amides is 7. The zero-order valence-corrected chi connectivity index (χ0v) is 68.7. The second kappa shape index (κ2) is 36.8. The van der Waals surface area contributed by atoms with E-state index in [-0.39, 0.29) is 172 Å². The average Bonchev–Trinajstić information content (AvgIpc) is 1.76. The predicted octanol–water partition coefficient (Wildman–Crippen LogP) is 15.2. The number of hydrogen-bond acceptors (Lipinski definition) is 12. The highest BCUT2D eigenvalue weighted by atomic mass is 19.4. The Hall–Kier alpha value is -11.4. The zero-order valence-electron chi connectivity index (χ0n) is 68.7. The SMILES string of the molecule is CC(=O)N1CCc2[nH]nc(C(=O)N3CCC(c4ccc(F)c(F)c4C(F)(F)F)CC3)c2C1.CC(=O)N1CCc2c(C(=O)N3CCC(c4ccc(F)c(F)c4C(F)(F)F)CC3)n[nH]c2C1.CC(=O)N1Cc2[nH]nc(C(=O)N3CCC(c4ccc(F)c(F)c4C(F)(F)F)CC3)c2C1.O=C(c1n[nH]c2c1CCN(CC1CC1)C2)N1CCC(c2cccc(F)c2C(F)(F)F)CC1. The Labute approximate surface area is 713 Å². The van der Waals surface area contributed by atoms with Crippen molar-refractivity contribution in [2.24, 2.45) is 5.92 Å². The summed E-state index contributed by atoms with van der Waals surface area (Å²) in [6.07, 6.45) is -13.6. The molecule has 8 aliphatic heterocycles. The molecular weight excluding hydrogens is 1720 g/mol. The number of piperidine rings is 4. The molecule has 8 aromatic rings.